The number of hydrogen-bond acceptors (Lipinski definition) is 1. The van der Waals surface area contributed by atoms with Gasteiger partial charge in [-0.1, -0.05) is 54.6 Å². The highest BCUT2D eigenvalue weighted by Gasteiger charge is 2.04. The average molecular weight is 233 g/mol. The molecule has 0 aliphatic carbocycles. The summed E-state index contributed by atoms with van der Waals surface area (Å²) in [6, 6.07) is 19.0. The molecule has 2 aromatic carbocycles. The van der Waals surface area contributed by atoms with Crippen molar-refractivity contribution < 1.29 is 0 Å². The van der Waals surface area contributed by atoms with Crippen molar-refractivity contribution in [3.63, 3.8) is 0 Å². The smallest absolute Gasteiger partial charge is 0.0451 e. The van der Waals surface area contributed by atoms with Gasteiger partial charge < -0.3 is 0 Å². The highest BCUT2D eigenvalue weighted by atomic mass is 14.7. The standard InChI is InChI=1S/C17H15N/c1-13-16-9-5-6-10-17(16)15(12-18-13)11-14-7-3-2-4-8-14/h2-10,12H,11H2,1H3. The summed E-state index contributed by atoms with van der Waals surface area (Å²) in [5.41, 5.74) is 3.72. The average Bonchev–Trinajstić information content (AvgIpc) is 2.44. The fourth-order valence-electron chi connectivity index (χ4n) is 2.35. The van der Waals surface area contributed by atoms with Crippen molar-refractivity contribution in [2.75, 3.05) is 0 Å². The summed E-state index contributed by atoms with van der Waals surface area (Å²) in [6.45, 7) is 2.06. The van der Waals surface area contributed by atoms with E-state index < -0.39 is 0 Å². The molecule has 0 atom stereocenters. The maximum absolute atomic E-state index is 4.50. The van der Waals surface area contributed by atoms with E-state index in [0.29, 0.717) is 0 Å². The largest absolute Gasteiger partial charge is 0.261 e. The van der Waals surface area contributed by atoms with E-state index in [1.54, 1.807) is 0 Å². The van der Waals surface area contributed by atoms with Gasteiger partial charge in [0.1, 0.15) is 0 Å². The van der Waals surface area contributed by atoms with E-state index in [0.717, 1.165) is 12.1 Å². The summed E-state index contributed by atoms with van der Waals surface area (Å²) in [6.07, 6.45) is 2.94. The fraction of sp³-hybridized carbons (Fsp3) is 0.118. The van der Waals surface area contributed by atoms with E-state index in [1.165, 1.54) is 21.9 Å². The SMILES string of the molecule is Cc1ncc(Cc2ccccc2)c2ccccc12. The summed E-state index contributed by atoms with van der Waals surface area (Å²) in [4.78, 5) is 4.50. The first kappa shape index (κ1) is 11.0. The van der Waals surface area contributed by atoms with Gasteiger partial charge in [0, 0.05) is 17.3 Å². The van der Waals surface area contributed by atoms with Crippen LogP contribution in [0.4, 0.5) is 0 Å². The highest BCUT2D eigenvalue weighted by molar-refractivity contribution is 5.87. The minimum Gasteiger partial charge on any atom is -0.261 e. The molecular formula is C17H15N. The van der Waals surface area contributed by atoms with E-state index >= 15 is 0 Å². The Kier molecular flexibility index (Phi) is 2.81. The molecule has 0 amide bonds. The van der Waals surface area contributed by atoms with Crippen molar-refractivity contribution in [3.8, 4) is 0 Å². The quantitative estimate of drug-likeness (QED) is 0.648. The first-order valence-corrected chi connectivity index (χ1v) is 6.22. The van der Waals surface area contributed by atoms with Gasteiger partial charge in [0.25, 0.3) is 0 Å². The molecule has 1 aromatic heterocycles. The van der Waals surface area contributed by atoms with Gasteiger partial charge in [-0.05, 0) is 29.9 Å². The summed E-state index contributed by atoms with van der Waals surface area (Å²) in [7, 11) is 0. The van der Waals surface area contributed by atoms with Crippen LogP contribution >= 0.6 is 0 Å². The molecule has 1 heterocycles. The first-order valence-electron chi connectivity index (χ1n) is 6.22. The Morgan fingerprint density at radius 2 is 1.50 bits per heavy atom. The zero-order valence-corrected chi connectivity index (χ0v) is 10.4. The lowest BCUT2D eigenvalue weighted by Gasteiger charge is -2.08. The Morgan fingerprint density at radius 3 is 2.28 bits per heavy atom. The van der Waals surface area contributed by atoms with Crippen LogP contribution in [0.2, 0.25) is 0 Å². The monoisotopic (exact) mass is 233 g/mol. The van der Waals surface area contributed by atoms with Gasteiger partial charge in [0.2, 0.25) is 0 Å². The zero-order valence-electron chi connectivity index (χ0n) is 10.4. The molecule has 0 aliphatic rings. The lowest BCUT2D eigenvalue weighted by Crippen LogP contribution is -1.93. The molecule has 0 unspecified atom stereocenters. The molecule has 1 nitrogen and oxygen atoms in total. The van der Waals surface area contributed by atoms with Crippen LogP contribution < -0.4 is 0 Å². The Bertz CT molecular complexity index is 672. The summed E-state index contributed by atoms with van der Waals surface area (Å²) in [5.74, 6) is 0. The number of hydrogen-bond donors (Lipinski definition) is 0. The molecule has 1 heteroatoms. The van der Waals surface area contributed by atoms with E-state index in [1.807, 2.05) is 6.20 Å². The van der Waals surface area contributed by atoms with E-state index in [2.05, 4.69) is 66.5 Å². The van der Waals surface area contributed by atoms with Crippen LogP contribution in [0.15, 0.2) is 60.8 Å². The topological polar surface area (TPSA) is 12.9 Å². The van der Waals surface area contributed by atoms with Crippen LogP contribution in [-0.4, -0.2) is 4.98 Å². The second-order valence-electron chi connectivity index (χ2n) is 4.58. The molecule has 88 valence electrons. The van der Waals surface area contributed by atoms with Crippen molar-refractivity contribution >= 4 is 10.8 Å². The molecule has 0 saturated carbocycles. The number of aromatic nitrogens is 1. The Morgan fingerprint density at radius 1 is 0.833 bits per heavy atom. The molecule has 18 heavy (non-hydrogen) atoms. The van der Waals surface area contributed by atoms with Crippen LogP contribution in [0.5, 0.6) is 0 Å². The van der Waals surface area contributed by atoms with Crippen LogP contribution in [-0.2, 0) is 6.42 Å². The van der Waals surface area contributed by atoms with E-state index in [9.17, 15) is 0 Å². The molecule has 0 saturated heterocycles. The van der Waals surface area contributed by atoms with Crippen LogP contribution in [0.25, 0.3) is 10.8 Å². The molecule has 0 radical (unpaired) electrons. The molecule has 3 aromatic rings. The first-order chi connectivity index (χ1) is 8.84. The second kappa shape index (κ2) is 4.61. The van der Waals surface area contributed by atoms with Crippen molar-refractivity contribution in [3.05, 3.63) is 77.6 Å². The van der Waals surface area contributed by atoms with Gasteiger partial charge >= 0.3 is 0 Å². The van der Waals surface area contributed by atoms with Crippen LogP contribution in [0, 0.1) is 6.92 Å². The lowest BCUT2D eigenvalue weighted by atomic mass is 10.00. The van der Waals surface area contributed by atoms with Crippen molar-refractivity contribution in [2.45, 2.75) is 13.3 Å². The Labute approximate surface area is 107 Å². The van der Waals surface area contributed by atoms with Crippen LogP contribution in [0.3, 0.4) is 0 Å². The summed E-state index contributed by atoms with van der Waals surface area (Å²) in [5, 5.41) is 2.57. The zero-order chi connectivity index (χ0) is 12.4. The van der Waals surface area contributed by atoms with E-state index in [4.69, 9.17) is 0 Å². The number of fused-ring (bicyclic) bond motifs is 1. The normalized spacial score (nSPS) is 10.7. The lowest BCUT2D eigenvalue weighted by molar-refractivity contribution is 1.14. The Hall–Kier alpha value is -2.15. The third kappa shape index (κ3) is 2.00. The molecule has 0 bridgehead atoms. The van der Waals surface area contributed by atoms with Gasteiger partial charge in [0.05, 0.1) is 0 Å². The number of benzene rings is 2. The van der Waals surface area contributed by atoms with Gasteiger partial charge in [-0.3, -0.25) is 4.98 Å². The highest BCUT2D eigenvalue weighted by Crippen LogP contribution is 2.22. The molecule has 0 N–H and O–H groups in total. The fourth-order valence-corrected chi connectivity index (χ4v) is 2.35. The van der Waals surface area contributed by atoms with Gasteiger partial charge in [-0.15, -0.1) is 0 Å². The van der Waals surface area contributed by atoms with Gasteiger partial charge in [-0.25, -0.2) is 0 Å². The summed E-state index contributed by atoms with van der Waals surface area (Å²) < 4.78 is 0. The van der Waals surface area contributed by atoms with Crippen molar-refractivity contribution in [2.24, 2.45) is 0 Å². The van der Waals surface area contributed by atoms with Gasteiger partial charge in [0.15, 0.2) is 0 Å². The molecule has 0 aliphatic heterocycles. The predicted molar refractivity (Wildman–Crippen MR) is 75.7 cm³/mol. The number of rotatable bonds is 2. The maximum atomic E-state index is 4.50. The minimum atomic E-state index is 0.939. The van der Waals surface area contributed by atoms with E-state index in [-0.39, 0.29) is 0 Å². The maximum Gasteiger partial charge on any atom is 0.0451 e. The molecule has 0 spiro atoms. The molecule has 3 rings (SSSR count). The number of pyridine rings is 1. The molecule has 0 fully saturated rings. The second-order valence-corrected chi connectivity index (χ2v) is 4.58. The van der Waals surface area contributed by atoms with Crippen molar-refractivity contribution in [1.82, 2.24) is 4.98 Å². The Balaban J connectivity index is 2.10. The number of aryl methyl sites for hydroxylation is 1. The molecular weight excluding hydrogens is 218 g/mol. The minimum absolute atomic E-state index is 0.939. The van der Waals surface area contributed by atoms with Crippen molar-refractivity contribution in [1.29, 1.82) is 0 Å². The third-order valence-corrected chi connectivity index (χ3v) is 3.31. The number of nitrogens with zero attached hydrogens (tertiary/aromatic N) is 1. The predicted octanol–water partition coefficient (Wildman–Crippen LogP) is 4.13. The van der Waals surface area contributed by atoms with Crippen LogP contribution in [0.1, 0.15) is 16.8 Å². The van der Waals surface area contributed by atoms with Gasteiger partial charge in [-0.2, -0.15) is 0 Å². The summed E-state index contributed by atoms with van der Waals surface area (Å²) >= 11 is 0. The third-order valence-electron chi connectivity index (χ3n) is 3.31.